The molecule has 16 nitrogen and oxygen atoms in total. The van der Waals surface area contributed by atoms with E-state index in [4.69, 9.17) is 22.0 Å². The van der Waals surface area contributed by atoms with Gasteiger partial charge in [0.2, 0.25) is 17.7 Å². The second-order valence-electron chi connectivity index (χ2n) is 8.31. The van der Waals surface area contributed by atoms with Gasteiger partial charge >= 0.3 is 5.97 Å². The Bertz CT molecular complexity index is 1040. The Labute approximate surface area is 212 Å². The molecule has 37 heavy (non-hydrogen) atoms. The van der Waals surface area contributed by atoms with Gasteiger partial charge in [0.25, 0.3) is 0 Å². The molecular weight excluding hydrogens is 486 g/mol. The standard InChI is InChI=1S/C21H33N11O5/c1-11(20(36)37)30-18(34)15(3-2-4-27-21(23)24)31-19(35)16(6-13-8-26-10-29-13)32-17(33)14(22)5-12-7-25-9-28-12/h7-11,14-16H,2-6,22H2,1H3,(H,25,28)(H,26,29)(H,30,34)(H,31,35)(H,32,33)(H,36,37)(H4,23,24,27)/t11-,14-,15-,16-/m0/s1. The highest BCUT2D eigenvalue weighted by molar-refractivity contribution is 5.94. The molecule has 2 heterocycles. The van der Waals surface area contributed by atoms with E-state index in [2.05, 4.69) is 41.2 Å². The molecule has 2 rings (SSSR count). The Morgan fingerprint density at radius 2 is 1.54 bits per heavy atom. The number of imidazole rings is 2. The quantitative estimate of drug-likeness (QED) is 0.0649. The average Bonchev–Trinajstić information content (AvgIpc) is 3.54. The summed E-state index contributed by atoms with van der Waals surface area (Å²) in [5.74, 6) is -3.51. The minimum Gasteiger partial charge on any atom is -0.480 e. The summed E-state index contributed by atoms with van der Waals surface area (Å²) < 4.78 is 0. The third-order valence-electron chi connectivity index (χ3n) is 5.27. The van der Waals surface area contributed by atoms with Crippen LogP contribution in [0.2, 0.25) is 0 Å². The number of aromatic nitrogens is 4. The van der Waals surface area contributed by atoms with Crippen molar-refractivity contribution in [2.45, 2.75) is 56.8 Å². The first-order chi connectivity index (χ1) is 17.6. The van der Waals surface area contributed by atoms with Gasteiger partial charge in [0.15, 0.2) is 5.96 Å². The normalized spacial score (nSPS) is 14.0. The number of aromatic amines is 2. The predicted octanol–water partition coefficient (Wildman–Crippen LogP) is -2.93. The van der Waals surface area contributed by atoms with Gasteiger partial charge in [0.05, 0.1) is 30.1 Å². The highest BCUT2D eigenvalue weighted by Crippen LogP contribution is 2.05. The number of rotatable bonds is 15. The van der Waals surface area contributed by atoms with Crippen LogP contribution in [0.3, 0.4) is 0 Å². The zero-order valence-electron chi connectivity index (χ0n) is 20.3. The Morgan fingerprint density at radius 3 is 2.08 bits per heavy atom. The fourth-order valence-corrected chi connectivity index (χ4v) is 3.27. The van der Waals surface area contributed by atoms with Crippen LogP contribution in [-0.4, -0.2) is 85.4 Å². The Hall–Kier alpha value is -4.47. The molecule has 0 saturated heterocycles. The molecule has 2 aromatic heterocycles. The molecule has 0 spiro atoms. The predicted molar refractivity (Wildman–Crippen MR) is 131 cm³/mol. The van der Waals surface area contributed by atoms with Crippen LogP contribution < -0.4 is 32.7 Å². The summed E-state index contributed by atoms with van der Waals surface area (Å²) in [5, 5.41) is 26.4. The maximum absolute atomic E-state index is 13.2. The first-order valence-corrected chi connectivity index (χ1v) is 11.5. The van der Waals surface area contributed by atoms with Crippen LogP contribution in [0.25, 0.3) is 0 Å². The van der Waals surface area contributed by atoms with Crippen LogP contribution in [0.5, 0.6) is 0 Å². The molecule has 12 N–H and O–H groups in total. The summed E-state index contributed by atoms with van der Waals surface area (Å²) in [7, 11) is 0. The summed E-state index contributed by atoms with van der Waals surface area (Å²) in [5.41, 5.74) is 12.3. The maximum atomic E-state index is 13.2. The second-order valence-corrected chi connectivity index (χ2v) is 8.31. The number of hydrogen-bond acceptors (Lipinski definition) is 8. The van der Waals surface area contributed by atoms with Crippen molar-refractivity contribution in [2.24, 2.45) is 11.5 Å². The molecule has 0 saturated carbocycles. The topological polar surface area (TPSA) is 270 Å². The molecule has 0 aromatic carbocycles. The summed E-state index contributed by atoms with van der Waals surface area (Å²) in [6, 6.07) is -4.45. The third-order valence-corrected chi connectivity index (χ3v) is 5.27. The van der Waals surface area contributed by atoms with Crippen molar-refractivity contribution in [1.29, 1.82) is 5.41 Å². The molecule has 16 heteroatoms. The van der Waals surface area contributed by atoms with E-state index < -0.39 is 47.9 Å². The lowest BCUT2D eigenvalue weighted by atomic mass is 10.1. The number of nitrogens with one attached hydrogen (secondary N) is 7. The van der Waals surface area contributed by atoms with Crippen molar-refractivity contribution in [3.63, 3.8) is 0 Å². The van der Waals surface area contributed by atoms with E-state index in [-0.39, 0.29) is 31.8 Å². The number of carbonyl (C=O) groups is 4. The van der Waals surface area contributed by atoms with Crippen molar-refractivity contribution < 1.29 is 24.3 Å². The zero-order valence-corrected chi connectivity index (χ0v) is 20.3. The van der Waals surface area contributed by atoms with Gasteiger partial charge in [0.1, 0.15) is 18.1 Å². The summed E-state index contributed by atoms with van der Waals surface area (Å²) in [4.78, 5) is 63.6. The average molecular weight is 520 g/mol. The molecule has 0 aliphatic rings. The third kappa shape index (κ3) is 9.96. The number of hydrogen-bond donors (Lipinski definition) is 10. The maximum Gasteiger partial charge on any atom is 0.325 e. The van der Waals surface area contributed by atoms with Crippen molar-refractivity contribution >= 4 is 29.7 Å². The van der Waals surface area contributed by atoms with Crippen LogP contribution in [0.4, 0.5) is 0 Å². The number of carboxylic acid groups (broad SMARTS) is 1. The minimum absolute atomic E-state index is 0.00194. The molecule has 2 aromatic rings. The molecule has 202 valence electrons. The summed E-state index contributed by atoms with van der Waals surface area (Å²) >= 11 is 0. The van der Waals surface area contributed by atoms with Gasteiger partial charge in [-0.15, -0.1) is 0 Å². The van der Waals surface area contributed by atoms with Gasteiger partial charge in [0, 0.05) is 31.8 Å². The SMILES string of the molecule is C[C@H](NC(=O)[C@H](CCCNC(=N)N)NC(=O)[C@H](Cc1c[nH]cn1)NC(=O)[C@@H](N)Cc1c[nH]cn1)C(=O)O. The smallest absolute Gasteiger partial charge is 0.325 e. The van der Waals surface area contributed by atoms with Gasteiger partial charge in [-0.2, -0.15) is 0 Å². The van der Waals surface area contributed by atoms with Gasteiger partial charge in [-0.25, -0.2) is 9.97 Å². The number of carboxylic acids is 1. The first kappa shape index (κ1) is 28.8. The minimum atomic E-state index is -1.24. The Morgan fingerprint density at radius 1 is 0.973 bits per heavy atom. The molecule has 0 unspecified atom stereocenters. The number of amides is 3. The van der Waals surface area contributed by atoms with E-state index >= 15 is 0 Å². The van der Waals surface area contributed by atoms with E-state index in [1.807, 2.05) is 0 Å². The lowest BCUT2D eigenvalue weighted by molar-refractivity contribution is -0.141. The van der Waals surface area contributed by atoms with Crippen LogP contribution >= 0.6 is 0 Å². The molecule has 0 fully saturated rings. The lowest BCUT2D eigenvalue weighted by Crippen LogP contribution is -2.57. The van der Waals surface area contributed by atoms with Crippen LogP contribution in [0.1, 0.15) is 31.2 Å². The highest BCUT2D eigenvalue weighted by atomic mass is 16.4. The number of carbonyl (C=O) groups excluding carboxylic acids is 3. The summed E-state index contributed by atoms with van der Waals surface area (Å²) in [6.07, 6.45) is 6.59. The van der Waals surface area contributed by atoms with Gasteiger partial charge in [-0.3, -0.25) is 24.6 Å². The van der Waals surface area contributed by atoms with Crippen LogP contribution in [0.15, 0.2) is 25.0 Å². The van der Waals surface area contributed by atoms with Gasteiger partial charge < -0.3 is 47.8 Å². The molecule has 3 amide bonds. The lowest BCUT2D eigenvalue weighted by Gasteiger charge is -2.24. The summed E-state index contributed by atoms with van der Waals surface area (Å²) in [6.45, 7) is 1.54. The van der Waals surface area contributed by atoms with Gasteiger partial charge in [-0.05, 0) is 19.8 Å². The number of nitrogens with zero attached hydrogens (tertiary/aromatic N) is 2. The van der Waals surface area contributed by atoms with Crippen LogP contribution in [-0.2, 0) is 32.0 Å². The van der Waals surface area contributed by atoms with Crippen molar-refractivity contribution in [3.8, 4) is 0 Å². The van der Waals surface area contributed by atoms with E-state index in [0.717, 1.165) is 0 Å². The fourth-order valence-electron chi connectivity index (χ4n) is 3.27. The monoisotopic (exact) mass is 519 g/mol. The molecule has 0 bridgehead atoms. The molecular formula is C21H33N11O5. The number of guanidine groups is 1. The Balaban J connectivity index is 2.13. The molecule has 0 aliphatic heterocycles. The van der Waals surface area contributed by atoms with E-state index in [0.29, 0.717) is 17.8 Å². The molecule has 4 atom stereocenters. The Kier molecular flexibility index (Phi) is 11.0. The van der Waals surface area contributed by atoms with E-state index in [1.54, 1.807) is 12.4 Å². The van der Waals surface area contributed by atoms with E-state index in [9.17, 15) is 19.2 Å². The largest absolute Gasteiger partial charge is 0.480 e. The molecule has 0 radical (unpaired) electrons. The second kappa shape index (κ2) is 14.2. The van der Waals surface area contributed by atoms with Crippen molar-refractivity contribution in [2.75, 3.05) is 6.54 Å². The number of nitrogens with two attached hydrogens (primary N) is 2. The first-order valence-electron chi connectivity index (χ1n) is 11.5. The highest BCUT2D eigenvalue weighted by Gasteiger charge is 2.30. The van der Waals surface area contributed by atoms with Crippen molar-refractivity contribution in [1.82, 2.24) is 41.2 Å². The zero-order chi connectivity index (χ0) is 27.4. The van der Waals surface area contributed by atoms with Crippen LogP contribution in [0, 0.1) is 5.41 Å². The van der Waals surface area contributed by atoms with Gasteiger partial charge in [-0.1, -0.05) is 0 Å². The molecule has 0 aliphatic carbocycles. The fraction of sp³-hybridized carbons (Fsp3) is 0.476. The number of aliphatic carboxylic acids is 1. The van der Waals surface area contributed by atoms with Crippen molar-refractivity contribution in [3.05, 3.63) is 36.4 Å². The number of H-pyrrole nitrogens is 2. The van der Waals surface area contributed by atoms with E-state index in [1.165, 1.54) is 19.6 Å².